The molecule has 3 aromatic rings. The van der Waals surface area contributed by atoms with Gasteiger partial charge >= 0.3 is 0 Å². The second kappa shape index (κ2) is 7.68. The number of piperazine rings is 1. The molecule has 0 saturated carbocycles. The number of nitrogens with zero attached hydrogens (tertiary/aromatic N) is 3. The Morgan fingerprint density at radius 2 is 1.81 bits per heavy atom. The molecule has 4 nitrogen and oxygen atoms in total. The van der Waals surface area contributed by atoms with Crippen molar-refractivity contribution < 1.29 is 4.79 Å². The predicted octanol–water partition coefficient (Wildman–Crippen LogP) is 3.91. The van der Waals surface area contributed by atoms with E-state index in [0.717, 1.165) is 42.4 Å². The van der Waals surface area contributed by atoms with E-state index < -0.39 is 0 Å². The highest BCUT2D eigenvalue weighted by Gasteiger charge is 2.23. The van der Waals surface area contributed by atoms with Crippen LogP contribution in [0.5, 0.6) is 0 Å². The van der Waals surface area contributed by atoms with Crippen molar-refractivity contribution >= 4 is 44.4 Å². The first-order chi connectivity index (χ1) is 12.7. The molecular formula is C20H21N3OS2. The van der Waals surface area contributed by atoms with E-state index in [1.807, 2.05) is 17.0 Å². The molecule has 0 bridgehead atoms. The third-order valence-electron chi connectivity index (χ3n) is 4.70. The Labute approximate surface area is 161 Å². The summed E-state index contributed by atoms with van der Waals surface area (Å²) >= 11 is 3.45. The lowest BCUT2D eigenvalue weighted by atomic mass is 10.1. The van der Waals surface area contributed by atoms with Gasteiger partial charge in [-0.3, -0.25) is 4.79 Å². The highest BCUT2D eigenvalue weighted by molar-refractivity contribution is 7.98. The number of fused-ring (bicyclic) bond motifs is 1. The van der Waals surface area contributed by atoms with Crippen LogP contribution in [0.3, 0.4) is 0 Å². The van der Waals surface area contributed by atoms with Crippen LogP contribution >= 0.6 is 23.1 Å². The summed E-state index contributed by atoms with van der Waals surface area (Å²) in [6, 6.07) is 16.5. The monoisotopic (exact) mass is 383 g/mol. The van der Waals surface area contributed by atoms with Gasteiger partial charge in [0.1, 0.15) is 0 Å². The number of rotatable bonds is 4. The summed E-state index contributed by atoms with van der Waals surface area (Å²) in [6.07, 6.45) is 2.54. The zero-order valence-corrected chi connectivity index (χ0v) is 16.4. The van der Waals surface area contributed by atoms with Crippen molar-refractivity contribution in [2.24, 2.45) is 0 Å². The van der Waals surface area contributed by atoms with Gasteiger partial charge in [-0.05, 0) is 36.1 Å². The lowest BCUT2D eigenvalue weighted by Crippen LogP contribution is -2.49. The zero-order chi connectivity index (χ0) is 17.9. The molecule has 1 amide bonds. The molecule has 1 saturated heterocycles. The fraction of sp³-hybridized carbons (Fsp3) is 0.300. The number of anilines is 1. The van der Waals surface area contributed by atoms with Crippen LogP contribution in [0.2, 0.25) is 0 Å². The number of carbonyl (C=O) groups excluding carboxylic acids is 1. The van der Waals surface area contributed by atoms with Crippen LogP contribution in [0.4, 0.5) is 5.13 Å². The number of thioether (sulfide) groups is 1. The van der Waals surface area contributed by atoms with Gasteiger partial charge < -0.3 is 9.80 Å². The lowest BCUT2D eigenvalue weighted by molar-refractivity contribution is -0.130. The molecule has 1 aliphatic rings. The standard InChI is InChI=1S/C20H21N3OS2/c1-25-16-8-6-15(7-9-16)14-19(24)22-10-12-23(13-11-22)20-21-17-4-2-3-5-18(17)26-20/h2-9H,10-14H2,1H3. The summed E-state index contributed by atoms with van der Waals surface area (Å²) in [6.45, 7) is 3.21. The molecule has 0 spiro atoms. The molecule has 0 atom stereocenters. The number of para-hydroxylation sites is 1. The predicted molar refractivity (Wildman–Crippen MR) is 110 cm³/mol. The molecule has 134 valence electrons. The number of hydrogen-bond acceptors (Lipinski definition) is 5. The van der Waals surface area contributed by atoms with E-state index in [4.69, 9.17) is 4.98 Å². The van der Waals surface area contributed by atoms with Gasteiger partial charge in [0.05, 0.1) is 16.6 Å². The van der Waals surface area contributed by atoms with E-state index in [1.165, 1.54) is 9.60 Å². The first kappa shape index (κ1) is 17.4. The van der Waals surface area contributed by atoms with Crippen LogP contribution in [0.25, 0.3) is 10.2 Å². The first-order valence-electron chi connectivity index (χ1n) is 8.74. The molecule has 6 heteroatoms. The van der Waals surface area contributed by atoms with Crippen molar-refractivity contribution in [1.82, 2.24) is 9.88 Å². The average molecular weight is 384 g/mol. The number of benzene rings is 2. The molecule has 0 N–H and O–H groups in total. The number of amides is 1. The maximum absolute atomic E-state index is 12.6. The van der Waals surface area contributed by atoms with Crippen molar-refractivity contribution in [2.45, 2.75) is 11.3 Å². The Hall–Kier alpha value is -2.05. The molecule has 2 heterocycles. The maximum Gasteiger partial charge on any atom is 0.227 e. The van der Waals surface area contributed by atoms with Gasteiger partial charge in [-0.1, -0.05) is 35.6 Å². The third-order valence-corrected chi connectivity index (χ3v) is 6.54. The van der Waals surface area contributed by atoms with Crippen molar-refractivity contribution in [2.75, 3.05) is 37.3 Å². The summed E-state index contributed by atoms with van der Waals surface area (Å²) in [5.41, 5.74) is 2.14. The quantitative estimate of drug-likeness (QED) is 0.640. The number of hydrogen-bond donors (Lipinski definition) is 0. The second-order valence-electron chi connectivity index (χ2n) is 6.36. The Morgan fingerprint density at radius 1 is 1.08 bits per heavy atom. The van der Waals surface area contributed by atoms with E-state index in [9.17, 15) is 4.79 Å². The summed E-state index contributed by atoms with van der Waals surface area (Å²) in [4.78, 5) is 22.8. The number of carbonyl (C=O) groups is 1. The van der Waals surface area contributed by atoms with E-state index in [-0.39, 0.29) is 5.91 Å². The molecule has 1 aromatic heterocycles. The number of thiazole rings is 1. The minimum Gasteiger partial charge on any atom is -0.345 e. The Kier molecular flexibility index (Phi) is 5.13. The smallest absolute Gasteiger partial charge is 0.227 e. The maximum atomic E-state index is 12.6. The summed E-state index contributed by atoms with van der Waals surface area (Å²) in [5, 5.41) is 1.06. The molecular weight excluding hydrogens is 362 g/mol. The fourth-order valence-electron chi connectivity index (χ4n) is 3.17. The third kappa shape index (κ3) is 3.71. The molecule has 2 aromatic carbocycles. The van der Waals surface area contributed by atoms with Gasteiger partial charge in [0, 0.05) is 31.1 Å². The van der Waals surface area contributed by atoms with Gasteiger partial charge in [-0.15, -0.1) is 11.8 Å². The minimum atomic E-state index is 0.214. The van der Waals surface area contributed by atoms with Gasteiger partial charge in [-0.25, -0.2) is 4.98 Å². The van der Waals surface area contributed by atoms with E-state index >= 15 is 0 Å². The van der Waals surface area contributed by atoms with Crippen molar-refractivity contribution in [3.63, 3.8) is 0 Å². The van der Waals surface area contributed by atoms with Gasteiger partial charge in [0.2, 0.25) is 5.91 Å². The Morgan fingerprint density at radius 3 is 2.50 bits per heavy atom. The van der Waals surface area contributed by atoms with E-state index in [0.29, 0.717) is 6.42 Å². The molecule has 1 fully saturated rings. The van der Waals surface area contributed by atoms with Crippen molar-refractivity contribution in [3.8, 4) is 0 Å². The second-order valence-corrected chi connectivity index (χ2v) is 8.25. The fourth-order valence-corrected chi connectivity index (χ4v) is 4.60. The molecule has 0 unspecified atom stereocenters. The minimum absolute atomic E-state index is 0.214. The van der Waals surface area contributed by atoms with E-state index in [2.05, 4.69) is 47.6 Å². The van der Waals surface area contributed by atoms with Gasteiger partial charge in [0.15, 0.2) is 5.13 Å². The highest BCUT2D eigenvalue weighted by atomic mass is 32.2. The van der Waals surface area contributed by atoms with E-state index in [1.54, 1.807) is 23.1 Å². The summed E-state index contributed by atoms with van der Waals surface area (Å²) in [7, 11) is 0. The van der Waals surface area contributed by atoms with Crippen LogP contribution in [-0.2, 0) is 11.2 Å². The largest absolute Gasteiger partial charge is 0.345 e. The van der Waals surface area contributed by atoms with Crippen LogP contribution in [0.1, 0.15) is 5.56 Å². The van der Waals surface area contributed by atoms with Crippen LogP contribution < -0.4 is 4.90 Å². The highest BCUT2D eigenvalue weighted by Crippen LogP contribution is 2.29. The zero-order valence-electron chi connectivity index (χ0n) is 14.7. The van der Waals surface area contributed by atoms with Crippen LogP contribution in [-0.4, -0.2) is 48.2 Å². The van der Waals surface area contributed by atoms with Gasteiger partial charge in [-0.2, -0.15) is 0 Å². The SMILES string of the molecule is CSc1ccc(CC(=O)N2CCN(c3nc4ccccc4s3)CC2)cc1. The van der Waals surface area contributed by atoms with Crippen LogP contribution in [0.15, 0.2) is 53.4 Å². The molecule has 4 rings (SSSR count). The molecule has 26 heavy (non-hydrogen) atoms. The molecule has 0 radical (unpaired) electrons. The topological polar surface area (TPSA) is 36.4 Å². The van der Waals surface area contributed by atoms with Crippen molar-refractivity contribution in [3.05, 3.63) is 54.1 Å². The van der Waals surface area contributed by atoms with Crippen LogP contribution in [0, 0.1) is 0 Å². The normalized spacial score (nSPS) is 14.8. The lowest BCUT2D eigenvalue weighted by Gasteiger charge is -2.34. The number of aromatic nitrogens is 1. The molecule has 0 aliphatic carbocycles. The molecule has 1 aliphatic heterocycles. The average Bonchev–Trinajstić information content (AvgIpc) is 3.13. The van der Waals surface area contributed by atoms with Crippen molar-refractivity contribution in [1.29, 1.82) is 0 Å². The Balaban J connectivity index is 1.35. The Bertz CT molecular complexity index is 866. The first-order valence-corrected chi connectivity index (χ1v) is 10.8. The summed E-state index contributed by atoms with van der Waals surface area (Å²) in [5.74, 6) is 0.214. The summed E-state index contributed by atoms with van der Waals surface area (Å²) < 4.78 is 1.22. The van der Waals surface area contributed by atoms with Gasteiger partial charge in [0.25, 0.3) is 0 Å².